The second-order valence-electron chi connectivity index (χ2n) is 3.82. The van der Waals surface area contributed by atoms with Crippen molar-refractivity contribution in [1.82, 2.24) is 9.66 Å². The first kappa shape index (κ1) is 9.73. The van der Waals surface area contributed by atoms with E-state index in [4.69, 9.17) is 21.1 Å². The topological polar surface area (TPSA) is 48.3 Å². The molecule has 4 rings (SSSR count). The van der Waals surface area contributed by atoms with Crippen molar-refractivity contribution in [3.63, 3.8) is 0 Å². The molecule has 2 aromatic rings. The number of nitrogens with zero attached hydrogens (tertiary/aromatic N) is 2. The molecule has 2 aliphatic heterocycles. The number of benzene rings is 1. The number of hydrogen-bond donors (Lipinski definition) is 1. The number of rotatable bonds is 0. The van der Waals surface area contributed by atoms with Crippen molar-refractivity contribution in [2.45, 2.75) is 4.71 Å². The summed E-state index contributed by atoms with van der Waals surface area (Å²) in [5.74, 6) is 2.32. The third-order valence-corrected chi connectivity index (χ3v) is 3.96. The van der Waals surface area contributed by atoms with Gasteiger partial charge in [-0.3, -0.25) is 4.83 Å². The largest absolute Gasteiger partial charge is 0.486 e. The summed E-state index contributed by atoms with van der Waals surface area (Å²) < 4.78 is 12.8. The van der Waals surface area contributed by atoms with E-state index < -0.39 is 0 Å². The second kappa shape index (κ2) is 3.36. The van der Waals surface area contributed by atoms with E-state index in [2.05, 4.69) is 9.82 Å². The highest BCUT2D eigenvalue weighted by Crippen LogP contribution is 2.41. The summed E-state index contributed by atoms with van der Waals surface area (Å²) in [6.07, 6.45) is 0. The van der Waals surface area contributed by atoms with E-state index in [0.717, 1.165) is 28.4 Å². The average molecular weight is 270 g/mol. The van der Waals surface area contributed by atoms with Gasteiger partial charge in [0, 0.05) is 12.1 Å². The highest BCUT2D eigenvalue weighted by Gasteiger charge is 2.27. The van der Waals surface area contributed by atoms with Gasteiger partial charge in [-0.25, -0.2) is 9.66 Å². The standard InChI is InChI=1S/C10H8ClN3O2S/c11-9-10-12-5-3-7-8(16-2-1-15-7)4-6(5)14(10)13-17-9/h3-4,9,13H,1-2H2. The van der Waals surface area contributed by atoms with Crippen molar-refractivity contribution in [3.05, 3.63) is 18.0 Å². The van der Waals surface area contributed by atoms with Crippen LogP contribution in [-0.2, 0) is 0 Å². The Morgan fingerprint density at radius 3 is 2.94 bits per heavy atom. The minimum atomic E-state index is -0.165. The van der Waals surface area contributed by atoms with Gasteiger partial charge in [0.05, 0.1) is 11.0 Å². The van der Waals surface area contributed by atoms with Gasteiger partial charge in [0.15, 0.2) is 22.0 Å². The van der Waals surface area contributed by atoms with Crippen molar-refractivity contribution in [2.75, 3.05) is 18.0 Å². The van der Waals surface area contributed by atoms with Gasteiger partial charge in [-0.1, -0.05) is 0 Å². The molecule has 0 radical (unpaired) electrons. The molecule has 3 heterocycles. The molecule has 0 fully saturated rings. The van der Waals surface area contributed by atoms with Gasteiger partial charge in [-0.2, -0.15) is 0 Å². The van der Waals surface area contributed by atoms with Crippen LogP contribution in [-0.4, -0.2) is 22.9 Å². The molecule has 1 unspecified atom stereocenters. The van der Waals surface area contributed by atoms with Gasteiger partial charge in [0.1, 0.15) is 13.2 Å². The van der Waals surface area contributed by atoms with Crippen LogP contribution < -0.4 is 14.3 Å². The summed E-state index contributed by atoms with van der Waals surface area (Å²) in [5, 5.41) is 0. The predicted octanol–water partition coefficient (Wildman–Crippen LogP) is 2.25. The molecule has 1 N–H and O–H groups in total. The molecule has 88 valence electrons. The Kier molecular flexibility index (Phi) is 1.93. The average Bonchev–Trinajstić information content (AvgIpc) is 2.87. The lowest BCUT2D eigenvalue weighted by Crippen LogP contribution is -2.15. The molecular formula is C10H8ClN3O2S. The highest BCUT2D eigenvalue weighted by molar-refractivity contribution is 8.01. The number of nitrogens with one attached hydrogen (secondary N) is 1. The minimum Gasteiger partial charge on any atom is -0.486 e. The molecule has 1 aromatic carbocycles. The van der Waals surface area contributed by atoms with Crippen molar-refractivity contribution in [2.24, 2.45) is 0 Å². The number of imidazole rings is 1. The first-order chi connectivity index (χ1) is 8.33. The Labute approximate surface area is 106 Å². The van der Waals surface area contributed by atoms with Crippen LogP contribution in [0.2, 0.25) is 0 Å². The number of ether oxygens (including phenoxy) is 2. The summed E-state index contributed by atoms with van der Waals surface area (Å²) >= 11 is 7.56. The van der Waals surface area contributed by atoms with Crippen molar-refractivity contribution in [3.8, 4) is 11.5 Å². The van der Waals surface area contributed by atoms with Crippen LogP contribution in [0.15, 0.2) is 12.1 Å². The fourth-order valence-electron chi connectivity index (χ4n) is 2.03. The number of halogens is 1. The van der Waals surface area contributed by atoms with Gasteiger partial charge in [-0.15, -0.1) is 11.6 Å². The van der Waals surface area contributed by atoms with E-state index in [1.54, 1.807) is 0 Å². The van der Waals surface area contributed by atoms with Crippen LogP contribution in [0.4, 0.5) is 0 Å². The van der Waals surface area contributed by atoms with Crippen molar-refractivity contribution >= 4 is 34.6 Å². The summed E-state index contributed by atoms with van der Waals surface area (Å²) in [6.45, 7) is 1.16. The van der Waals surface area contributed by atoms with Crippen LogP contribution in [0.1, 0.15) is 10.5 Å². The molecule has 0 saturated heterocycles. The molecule has 1 atom stereocenters. The zero-order valence-corrected chi connectivity index (χ0v) is 10.2. The molecule has 0 spiro atoms. The maximum atomic E-state index is 6.13. The minimum absolute atomic E-state index is 0.165. The van der Waals surface area contributed by atoms with Crippen molar-refractivity contribution < 1.29 is 9.47 Å². The second-order valence-corrected chi connectivity index (χ2v) is 5.40. The van der Waals surface area contributed by atoms with Gasteiger partial charge in [0.2, 0.25) is 0 Å². The molecule has 0 aliphatic carbocycles. The molecule has 2 aliphatic rings. The van der Waals surface area contributed by atoms with Crippen LogP contribution >= 0.6 is 23.5 Å². The predicted molar refractivity (Wildman–Crippen MR) is 66.3 cm³/mol. The van der Waals surface area contributed by atoms with E-state index in [-0.39, 0.29) is 4.71 Å². The molecule has 7 heteroatoms. The van der Waals surface area contributed by atoms with E-state index in [1.807, 2.05) is 16.8 Å². The third-order valence-electron chi connectivity index (χ3n) is 2.79. The Balaban J connectivity index is 1.98. The number of fused-ring (bicyclic) bond motifs is 4. The first-order valence-electron chi connectivity index (χ1n) is 5.21. The maximum Gasteiger partial charge on any atom is 0.163 e. The third kappa shape index (κ3) is 1.31. The number of hydrogen-bond acceptors (Lipinski definition) is 5. The highest BCUT2D eigenvalue weighted by atomic mass is 35.5. The lowest BCUT2D eigenvalue weighted by Gasteiger charge is -2.18. The summed E-state index contributed by atoms with van der Waals surface area (Å²) in [7, 11) is 0. The Morgan fingerprint density at radius 1 is 1.35 bits per heavy atom. The fourth-order valence-corrected chi connectivity index (χ4v) is 2.95. The zero-order chi connectivity index (χ0) is 11.4. The molecular weight excluding hydrogens is 262 g/mol. The Bertz CT molecular complexity index is 615. The maximum absolute atomic E-state index is 6.13. The summed E-state index contributed by atoms with van der Waals surface area (Å²) in [5.41, 5.74) is 1.82. The lowest BCUT2D eigenvalue weighted by molar-refractivity contribution is 0.172. The normalized spacial score (nSPS) is 21.4. The smallest absolute Gasteiger partial charge is 0.163 e. The van der Waals surface area contributed by atoms with Gasteiger partial charge < -0.3 is 9.47 Å². The molecule has 0 saturated carbocycles. The molecule has 0 bridgehead atoms. The van der Waals surface area contributed by atoms with Gasteiger partial charge in [0.25, 0.3) is 0 Å². The van der Waals surface area contributed by atoms with E-state index in [9.17, 15) is 0 Å². The van der Waals surface area contributed by atoms with Crippen LogP contribution in [0.25, 0.3) is 11.0 Å². The van der Waals surface area contributed by atoms with E-state index in [0.29, 0.717) is 13.2 Å². The molecule has 5 nitrogen and oxygen atoms in total. The fraction of sp³-hybridized carbons (Fsp3) is 0.300. The molecule has 1 aromatic heterocycles. The first-order valence-corrected chi connectivity index (χ1v) is 6.52. The van der Waals surface area contributed by atoms with Crippen LogP contribution in [0.5, 0.6) is 11.5 Å². The van der Waals surface area contributed by atoms with Gasteiger partial charge >= 0.3 is 0 Å². The number of alkyl halides is 1. The Hall–Kier alpha value is -1.27. The summed E-state index contributed by atoms with van der Waals surface area (Å²) in [4.78, 5) is 7.62. The SMILES string of the molecule is ClC1SNn2c1nc1cc3c(cc12)OCCO3. The molecule has 0 amide bonds. The number of aromatic nitrogens is 2. The van der Waals surface area contributed by atoms with Crippen molar-refractivity contribution in [1.29, 1.82) is 0 Å². The van der Waals surface area contributed by atoms with Crippen LogP contribution in [0.3, 0.4) is 0 Å². The van der Waals surface area contributed by atoms with E-state index >= 15 is 0 Å². The summed E-state index contributed by atoms with van der Waals surface area (Å²) in [6, 6.07) is 3.83. The monoisotopic (exact) mass is 269 g/mol. The quantitative estimate of drug-likeness (QED) is 0.587. The van der Waals surface area contributed by atoms with E-state index in [1.165, 1.54) is 11.9 Å². The zero-order valence-electron chi connectivity index (χ0n) is 8.64. The lowest BCUT2D eigenvalue weighted by atomic mass is 10.2. The Morgan fingerprint density at radius 2 is 2.12 bits per heavy atom. The van der Waals surface area contributed by atoms with Crippen LogP contribution in [0, 0.1) is 0 Å². The van der Waals surface area contributed by atoms with Gasteiger partial charge in [-0.05, 0) is 11.9 Å². The molecule has 17 heavy (non-hydrogen) atoms.